The van der Waals surface area contributed by atoms with Gasteiger partial charge in [0.1, 0.15) is 0 Å². The van der Waals surface area contributed by atoms with Crippen molar-refractivity contribution in [3.05, 3.63) is 51.7 Å². The Hall–Kier alpha value is -2.17. The third-order valence-electron chi connectivity index (χ3n) is 4.84. The molecule has 0 unspecified atom stereocenters. The summed E-state index contributed by atoms with van der Waals surface area (Å²) in [6, 6.07) is 4.06. The zero-order valence-corrected chi connectivity index (χ0v) is 13.5. The molecule has 2 heterocycles. The molecule has 4 rings (SSSR count). The van der Waals surface area contributed by atoms with E-state index in [1.54, 1.807) is 6.07 Å². The monoisotopic (exact) mass is 310 g/mol. The SMILES string of the molecule is Cc1cnc(N[C@H]2CCc3c(ccc(=O)n3CC3CC3)C2)nc1. The van der Waals surface area contributed by atoms with Crippen LogP contribution in [0.25, 0.3) is 0 Å². The molecule has 5 heteroatoms. The second-order valence-electron chi connectivity index (χ2n) is 6.87. The molecule has 0 aliphatic heterocycles. The first-order valence-electron chi connectivity index (χ1n) is 8.46. The number of nitrogens with zero attached hydrogens (tertiary/aromatic N) is 3. The summed E-state index contributed by atoms with van der Waals surface area (Å²) in [5, 5.41) is 3.43. The summed E-state index contributed by atoms with van der Waals surface area (Å²) in [7, 11) is 0. The quantitative estimate of drug-likeness (QED) is 0.941. The van der Waals surface area contributed by atoms with Gasteiger partial charge in [0.15, 0.2) is 0 Å². The summed E-state index contributed by atoms with van der Waals surface area (Å²) < 4.78 is 2.02. The average molecular weight is 310 g/mol. The van der Waals surface area contributed by atoms with E-state index in [0.29, 0.717) is 12.0 Å². The standard InChI is InChI=1S/C18H22N4O/c1-12-9-19-18(20-10-12)21-15-5-6-16-14(8-15)4-7-17(23)22(16)11-13-2-3-13/h4,7,9-10,13,15H,2-3,5-6,8,11H2,1H3,(H,19,20,21)/t15-/m0/s1. The van der Waals surface area contributed by atoms with Gasteiger partial charge in [0.2, 0.25) is 5.95 Å². The molecule has 2 aliphatic rings. The minimum absolute atomic E-state index is 0.156. The van der Waals surface area contributed by atoms with E-state index in [1.807, 2.05) is 30.0 Å². The highest BCUT2D eigenvalue weighted by atomic mass is 16.1. The molecular formula is C18H22N4O. The van der Waals surface area contributed by atoms with Gasteiger partial charge in [-0.15, -0.1) is 0 Å². The van der Waals surface area contributed by atoms with Gasteiger partial charge in [0.05, 0.1) is 0 Å². The van der Waals surface area contributed by atoms with Crippen LogP contribution in [-0.4, -0.2) is 20.6 Å². The number of aromatic nitrogens is 3. The summed E-state index contributed by atoms with van der Waals surface area (Å²) in [5.41, 5.74) is 3.76. The molecule has 1 saturated carbocycles. The fourth-order valence-electron chi connectivity index (χ4n) is 3.36. The Morgan fingerprint density at radius 3 is 2.74 bits per heavy atom. The van der Waals surface area contributed by atoms with Crippen LogP contribution in [0.3, 0.4) is 0 Å². The van der Waals surface area contributed by atoms with Crippen molar-refractivity contribution in [3.8, 4) is 0 Å². The Morgan fingerprint density at radius 2 is 2.00 bits per heavy atom. The van der Waals surface area contributed by atoms with Crippen LogP contribution in [0.15, 0.2) is 29.3 Å². The summed E-state index contributed by atoms with van der Waals surface area (Å²) in [6.45, 7) is 2.89. The third-order valence-corrected chi connectivity index (χ3v) is 4.84. The number of anilines is 1. The number of nitrogens with one attached hydrogen (secondary N) is 1. The van der Waals surface area contributed by atoms with E-state index in [-0.39, 0.29) is 5.56 Å². The molecule has 0 spiro atoms. The zero-order chi connectivity index (χ0) is 15.8. The molecule has 0 aromatic carbocycles. The molecular weight excluding hydrogens is 288 g/mol. The number of hydrogen-bond donors (Lipinski definition) is 1. The predicted octanol–water partition coefficient (Wildman–Crippen LogP) is 2.33. The van der Waals surface area contributed by atoms with E-state index in [0.717, 1.165) is 37.3 Å². The highest BCUT2D eigenvalue weighted by Crippen LogP contribution is 2.31. The Bertz CT molecular complexity index is 762. The van der Waals surface area contributed by atoms with Crippen LogP contribution in [-0.2, 0) is 19.4 Å². The Labute approximate surface area is 135 Å². The second kappa shape index (κ2) is 5.80. The molecule has 1 N–H and O–H groups in total. The summed E-state index contributed by atoms with van der Waals surface area (Å²) in [6.07, 6.45) is 9.09. The van der Waals surface area contributed by atoms with Crippen molar-refractivity contribution in [2.24, 2.45) is 5.92 Å². The van der Waals surface area contributed by atoms with Crippen LogP contribution in [0, 0.1) is 12.8 Å². The fourth-order valence-corrected chi connectivity index (χ4v) is 3.36. The first-order chi connectivity index (χ1) is 11.2. The van der Waals surface area contributed by atoms with Crippen LogP contribution in [0.2, 0.25) is 0 Å². The van der Waals surface area contributed by atoms with Crippen LogP contribution in [0.1, 0.15) is 36.1 Å². The smallest absolute Gasteiger partial charge is 0.250 e. The van der Waals surface area contributed by atoms with Crippen LogP contribution in [0.4, 0.5) is 5.95 Å². The number of rotatable bonds is 4. The van der Waals surface area contributed by atoms with Gasteiger partial charge in [0.25, 0.3) is 5.56 Å². The van der Waals surface area contributed by atoms with E-state index < -0.39 is 0 Å². The predicted molar refractivity (Wildman–Crippen MR) is 89.6 cm³/mol. The highest BCUT2D eigenvalue weighted by molar-refractivity contribution is 5.32. The van der Waals surface area contributed by atoms with E-state index in [9.17, 15) is 4.79 Å². The summed E-state index contributed by atoms with van der Waals surface area (Å²) >= 11 is 0. The number of aryl methyl sites for hydroxylation is 1. The lowest BCUT2D eigenvalue weighted by atomic mass is 9.91. The van der Waals surface area contributed by atoms with Crippen molar-refractivity contribution in [2.75, 3.05) is 5.32 Å². The van der Waals surface area contributed by atoms with Gasteiger partial charge in [-0.05, 0) is 56.1 Å². The van der Waals surface area contributed by atoms with Crippen LogP contribution in [0.5, 0.6) is 0 Å². The number of hydrogen-bond acceptors (Lipinski definition) is 4. The number of fused-ring (bicyclic) bond motifs is 1. The molecule has 5 nitrogen and oxygen atoms in total. The largest absolute Gasteiger partial charge is 0.351 e. The Balaban J connectivity index is 1.52. The van der Waals surface area contributed by atoms with E-state index >= 15 is 0 Å². The van der Waals surface area contributed by atoms with E-state index in [4.69, 9.17) is 0 Å². The molecule has 1 atom stereocenters. The van der Waals surface area contributed by atoms with Crippen molar-refractivity contribution < 1.29 is 0 Å². The Kier molecular flexibility index (Phi) is 3.63. The van der Waals surface area contributed by atoms with Crippen molar-refractivity contribution in [3.63, 3.8) is 0 Å². The molecule has 2 aromatic rings. The molecule has 0 amide bonds. The molecule has 23 heavy (non-hydrogen) atoms. The molecule has 0 saturated heterocycles. The topological polar surface area (TPSA) is 59.8 Å². The lowest BCUT2D eigenvalue weighted by Crippen LogP contribution is -2.33. The zero-order valence-electron chi connectivity index (χ0n) is 13.5. The number of pyridine rings is 1. The van der Waals surface area contributed by atoms with Crippen molar-refractivity contribution >= 4 is 5.95 Å². The van der Waals surface area contributed by atoms with Gasteiger partial charge in [-0.1, -0.05) is 6.07 Å². The molecule has 1 fully saturated rings. The minimum Gasteiger partial charge on any atom is -0.351 e. The maximum Gasteiger partial charge on any atom is 0.250 e. The first-order valence-corrected chi connectivity index (χ1v) is 8.46. The van der Waals surface area contributed by atoms with Crippen LogP contribution < -0.4 is 10.9 Å². The van der Waals surface area contributed by atoms with Gasteiger partial charge < -0.3 is 9.88 Å². The minimum atomic E-state index is 0.156. The molecule has 2 aromatic heterocycles. The fraction of sp³-hybridized carbons (Fsp3) is 0.500. The van der Waals surface area contributed by atoms with Gasteiger partial charge in [-0.2, -0.15) is 0 Å². The van der Waals surface area contributed by atoms with Crippen molar-refractivity contribution in [1.29, 1.82) is 0 Å². The van der Waals surface area contributed by atoms with Gasteiger partial charge >= 0.3 is 0 Å². The third kappa shape index (κ3) is 3.14. The van der Waals surface area contributed by atoms with Crippen molar-refractivity contribution in [2.45, 2.75) is 51.6 Å². The van der Waals surface area contributed by atoms with Gasteiger partial charge in [-0.25, -0.2) is 9.97 Å². The molecule has 120 valence electrons. The summed E-state index contributed by atoms with van der Waals surface area (Å²) in [4.78, 5) is 20.8. The second-order valence-corrected chi connectivity index (χ2v) is 6.87. The van der Waals surface area contributed by atoms with Gasteiger partial charge in [0, 0.05) is 36.7 Å². The van der Waals surface area contributed by atoms with Gasteiger partial charge in [-0.3, -0.25) is 4.79 Å². The molecule has 0 radical (unpaired) electrons. The Morgan fingerprint density at radius 1 is 1.22 bits per heavy atom. The van der Waals surface area contributed by atoms with Crippen LogP contribution >= 0.6 is 0 Å². The normalized spacial score (nSPS) is 20.1. The lowest BCUT2D eigenvalue weighted by Gasteiger charge is -2.27. The first kappa shape index (κ1) is 14.4. The molecule has 2 aliphatic carbocycles. The van der Waals surface area contributed by atoms with E-state index in [1.165, 1.54) is 24.1 Å². The highest BCUT2D eigenvalue weighted by Gasteiger charge is 2.26. The van der Waals surface area contributed by atoms with Crippen molar-refractivity contribution in [1.82, 2.24) is 14.5 Å². The average Bonchev–Trinajstić information content (AvgIpc) is 3.37. The van der Waals surface area contributed by atoms with E-state index in [2.05, 4.69) is 15.3 Å². The maximum atomic E-state index is 12.2. The summed E-state index contributed by atoms with van der Waals surface area (Å²) in [5.74, 6) is 1.41. The lowest BCUT2D eigenvalue weighted by molar-refractivity contribution is 0.521. The maximum absolute atomic E-state index is 12.2. The molecule has 0 bridgehead atoms.